The van der Waals surface area contributed by atoms with E-state index in [1.54, 1.807) is 0 Å². The van der Waals surface area contributed by atoms with Crippen molar-refractivity contribution >= 4 is 5.97 Å². The maximum atomic E-state index is 11.0. The lowest BCUT2D eigenvalue weighted by atomic mass is 9.93. The first-order valence-corrected chi connectivity index (χ1v) is 4.93. The lowest BCUT2D eigenvalue weighted by molar-refractivity contribution is -0.158. The highest BCUT2D eigenvalue weighted by molar-refractivity contribution is 5.70. The third-order valence-corrected chi connectivity index (χ3v) is 2.56. The van der Waals surface area contributed by atoms with E-state index in [-0.39, 0.29) is 12.1 Å². The number of carbonyl (C=O) groups excluding carboxylic acids is 1. The molecule has 0 aromatic heterocycles. The standard InChI is InChI=1S/C10H18O2/c1-3-4-5-9-8(2)6-7-10(11)12-9/h8-9H,3-7H2,1-2H3. The van der Waals surface area contributed by atoms with Crippen LogP contribution >= 0.6 is 0 Å². The fourth-order valence-corrected chi connectivity index (χ4v) is 1.62. The molecular weight excluding hydrogens is 152 g/mol. The maximum absolute atomic E-state index is 11.0. The summed E-state index contributed by atoms with van der Waals surface area (Å²) >= 11 is 0. The van der Waals surface area contributed by atoms with E-state index in [4.69, 9.17) is 4.74 Å². The summed E-state index contributed by atoms with van der Waals surface area (Å²) in [6.07, 6.45) is 5.22. The van der Waals surface area contributed by atoms with Crippen molar-refractivity contribution < 1.29 is 9.53 Å². The van der Waals surface area contributed by atoms with Gasteiger partial charge in [0.2, 0.25) is 0 Å². The molecule has 0 amide bonds. The number of hydrogen-bond acceptors (Lipinski definition) is 2. The fraction of sp³-hybridized carbons (Fsp3) is 0.900. The van der Waals surface area contributed by atoms with Crippen LogP contribution in [-0.4, -0.2) is 12.1 Å². The van der Waals surface area contributed by atoms with Gasteiger partial charge in [0.05, 0.1) is 0 Å². The SMILES string of the molecule is CCCCC1OC(=O)CCC1C. The molecule has 0 radical (unpaired) electrons. The molecule has 2 nitrogen and oxygen atoms in total. The predicted octanol–water partition coefficient (Wildman–Crippen LogP) is 2.52. The van der Waals surface area contributed by atoms with Crippen molar-refractivity contribution in [3.8, 4) is 0 Å². The molecule has 2 atom stereocenters. The molecule has 70 valence electrons. The molecule has 1 fully saturated rings. The zero-order chi connectivity index (χ0) is 8.97. The first-order chi connectivity index (χ1) is 5.74. The van der Waals surface area contributed by atoms with Crippen LogP contribution in [0.1, 0.15) is 46.0 Å². The van der Waals surface area contributed by atoms with Crippen molar-refractivity contribution in [1.29, 1.82) is 0 Å². The molecule has 1 saturated heterocycles. The Balaban J connectivity index is 2.33. The number of cyclic esters (lactones) is 1. The van der Waals surface area contributed by atoms with Crippen molar-refractivity contribution in [2.75, 3.05) is 0 Å². The number of rotatable bonds is 3. The summed E-state index contributed by atoms with van der Waals surface area (Å²) in [6.45, 7) is 4.34. The molecule has 12 heavy (non-hydrogen) atoms. The Morgan fingerprint density at radius 3 is 3.00 bits per heavy atom. The van der Waals surface area contributed by atoms with Gasteiger partial charge in [-0.25, -0.2) is 0 Å². The molecule has 2 heteroatoms. The Hall–Kier alpha value is -0.530. The van der Waals surface area contributed by atoms with Gasteiger partial charge in [-0.05, 0) is 18.8 Å². The Kier molecular flexibility index (Phi) is 3.57. The second-order valence-corrected chi connectivity index (χ2v) is 3.69. The Labute approximate surface area is 74.3 Å². The zero-order valence-corrected chi connectivity index (χ0v) is 8.01. The molecule has 0 spiro atoms. The smallest absolute Gasteiger partial charge is 0.306 e. The van der Waals surface area contributed by atoms with E-state index in [0.717, 1.165) is 12.8 Å². The topological polar surface area (TPSA) is 26.3 Å². The maximum Gasteiger partial charge on any atom is 0.306 e. The Morgan fingerprint density at radius 2 is 2.33 bits per heavy atom. The van der Waals surface area contributed by atoms with Gasteiger partial charge in [0.25, 0.3) is 0 Å². The molecule has 0 saturated carbocycles. The largest absolute Gasteiger partial charge is 0.462 e. The summed E-state index contributed by atoms with van der Waals surface area (Å²) in [5.41, 5.74) is 0. The zero-order valence-electron chi connectivity index (χ0n) is 8.01. The van der Waals surface area contributed by atoms with Crippen LogP contribution in [0.5, 0.6) is 0 Å². The van der Waals surface area contributed by atoms with Crippen molar-refractivity contribution in [3.05, 3.63) is 0 Å². The quantitative estimate of drug-likeness (QED) is 0.608. The van der Waals surface area contributed by atoms with E-state index in [2.05, 4.69) is 13.8 Å². The molecule has 1 rings (SSSR count). The average Bonchev–Trinajstić information content (AvgIpc) is 2.07. The minimum Gasteiger partial charge on any atom is -0.462 e. The molecule has 0 N–H and O–H groups in total. The Bertz CT molecular complexity index is 154. The van der Waals surface area contributed by atoms with Crippen molar-refractivity contribution in [3.63, 3.8) is 0 Å². The number of carbonyl (C=O) groups is 1. The third-order valence-electron chi connectivity index (χ3n) is 2.56. The lowest BCUT2D eigenvalue weighted by Gasteiger charge is -2.28. The molecule has 0 aromatic rings. The molecule has 0 aromatic carbocycles. The number of ether oxygens (including phenoxy) is 1. The summed E-state index contributed by atoms with van der Waals surface area (Å²) in [5.74, 6) is 0.559. The van der Waals surface area contributed by atoms with Gasteiger partial charge in [0.15, 0.2) is 0 Å². The van der Waals surface area contributed by atoms with E-state index in [9.17, 15) is 4.79 Å². The molecule has 0 bridgehead atoms. The first-order valence-electron chi connectivity index (χ1n) is 4.93. The highest BCUT2D eigenvalue weighted by atomic mass is 16.5. The van der Waals surface area contributed by atoms with E-state index < -0.39 is 0 Å². The number of unbranched alkanes of at least 4 members (excludes halogenated alkanes) is 1. The minimum absolute atomic E-state index is 0.00537. The third kappa shape index (κ3) is 2.50. The van der Waals surface area contributed by atoms with Gasteiger partial charge in [-0.1, -0.05) is 26.7 Å². The second-order valence-electron chi connectivity index (χ2n) is 3.69. The number of hydrogen-bond donors (Lipinski definition) is 0. The van der Waals surface area contributed by atoms with Gasteiger partial charge in [0, 0.05) is 6.42 Å². The molecule has 1 heterocycles. The van der Waals surface area contributed by atoms with Crippen LogP contribution in [0.4, 0.5) is 0 Å². The summed E-state index contributed by atoms with van der Waals surface area (Å²) in [7, 11) is 0. The number of esters is 1. The van der Waals surface area contributed by atoms with Crippen molar-refractivity contribution in [1.82, 2.24) is 0 Å². The van der Waals surface area contributed by atoms with Crippen LogP contribution in [0.15, 0.2) is 0 Å². The summed E-state index contributed by atoms with van der Waals surface area (Å²) in [5, 5.41) is 0. The van der Waals surface area contributed by atoms with Crippen LogP contribution in [0.3, 0.4) is 0 Å². The van der Waals surface area contributed by atoms with Crippen LogP contribution < -0.4 is 0 Å². The first kappa shape index (κ1) is 9.56. The molecule has 2 unspecified atom stereocenters. The highest BCUT2D eigenvalue weighted by Gasteiger charge is 2.26. The van der Waals surface area contributed by atoms with E-state index >= 15 is 0 Å². The van der Waals surface area contributed by atoms with Crippen LogP contribution in [0, 0.1) is 5.92 Å². The molecule has 1 aliphatic rings. The van der Waals surface area contributed by atoms with Gasteiger partial charge in [-0.2, -0.15) is 0 Å². The molecule has 0 aliphatic carbocycles. The van der Waals surface area contributed by atoms with Crippen LogP contribution in [0.25, 0.3) is 0 Å². The monoisotopic (exact) mass is 170 g/mol. The lowest BCUT2D eigenvalue weighted by Crippen LogP contribution is -2.30. The summed E-state index contributed by atoms with van der Waals surface area (Å²) in [6, 6.07) is 0. The second kappa shape index (κ2) is 4.48. The van der Waals surface area contributed by atoms with E-state index in [1.807, 2.05) is 0 Å². The predicted molar refractivity (Wildman–Crippen MR) is 47.8 cm³/mol. The van der Waals surface area contributed by atoms with Crippen molar-refractivity contribution in [2.45, 2.75) is 52.1 Å². The van der Waals surface area contributed by atoms with Gasteiger partial charge in [-0.15, -0.1) is 0 Å². The average molecular weight is 170 g/mol. The van der Waals surface area contributed by atoms with Gasteiger partial charge in [-0.3, -0.25) is 4.79 Å². The fourth-order valence-electron chi connectivity index (χ4n) is 1.62. The normalized spacial score (nSPS) is 30.0. The van der Waals surface area contributed by atoms with Gasteiger partial charge in [0.1, 0.15) is 6.10 Å². The minimum atomic E-state index is -0.00537. The summed E-state index contributed by atoms with van der Waals surface area (Å²) in [4.78, 5) is 11.0. The molecule has 1 aliphatic heterocycles. The summed E-state index contributed by atoms with van der Waals surface area (Å²) < 4.78 is 5.26. The highest BCUT2D eigenvalue weighted by Crippen LogP contribution is 2.24. The van der Waals surface area contributed by atoms with Crippen LogP contribution in [-0.2, 0) is 9.53 Å². The van der Waals surface area contributed by atoms with E-state index in [0.29, 0.717) is 12.3 Å². The molecular formula is C10H18O2. The van der Waals surface area contributed by atoms with Gasteiger partial charge < -0.3 is 4.74 Å². The van der Waals surface area contributed by atoms with Crippen LogP contribution in [0.2, 0.25) is 0 Å². The van der Waals surface area contributed by atoms with E-state index in [1.165, 1.54) is 12.8 Å². The van der Waals surface area contributed by atoms with Crippen molar-refractivity contribution in [2.24, 2.45) is 5.92 Å². The van der Waals surface area contributed by atoms with Gasteiger partial charge >= 0.3 is 5.97 Å². The Morgan fingerprint density at radius 1 is 1.58 bits per heavy atom.